The summed E-state index contributed by atoms with van der Waals surface area (Å²) in [6, 6.07) is 7.28. The SMILES string of the molecule is Cc1nc(C#N)cc(Nc2cccnc2)n1. The van der Waals surface area contributed by atoms with E-state index >= 15 is 0 Å². The van der Waals surface area contributed by atoms with E-state index in [9.17, 15) is 0 Å². The van der Waals surface area contributed by atoms with Gasteiger partial charge in [-0.25, -0.2) is 9.97 Å². The van der Waals surface area contributed by atoms with Crippen molar-refractivity contribution in [2.45, 2.75) is 6.92 Å². The van der Waals surface area contributed by atoms with E-state index in [0.29, 0.717) is 17.3 Å². The number of nitriles is 1. The van der Waals surface area contributed by atoms with E-state index in [0.717, 1.165) is 5.69 Å². The summed E-state index contributed by atoms with van der Waals surface area (Å²) in [5, 5.41) is 11.8. The maximum atomic E-state index is 8.77. The number of aryl methyl sites for hydroxylation is 1. The highest BCUT2D eigenvalue weighted by Gasteiger charge is 2.01. The fourth-order valence-corrected chi connectivity index (χ4v) is 1.27. The van der Waals surface area contributed by atoms with Gasteiger partial charge in [-0.2, -0.15) is 5.26 Å². The van der Waals surface area contributed by atoms with Crippen LogP contribution < -0.4 is 5.32 Å². The first-order valence-corrected chi connectivity index (χ1v) is 4.71. The Labute approximate surface area is 92.8 Å². The van der Waals surface area contributed by atoms with Gasteiger partial charge in [0.2, 0.25) is 0 Å². The standard InChI is InChI=1S/C11H9N5/c1-8-14-10(6-12)5-11(15-8)16-9-3-2-4-13-7-9/h2-5,7H,1H3,(H,14,15,16). The van der Waals surface area contributed by atoms with Crippen LogP contribution in [0.25, 0.3) is 0 Å². The third-order valence-electron chi connectivity index (χ3n) is 1.89. The summed E-state index contributed by atoms with van der Waals surface area (Å²) in [7, 11) is 0. The summed E-state index contributed by atoms with van der Waals surface area (Å²) in [6.45, 7) is 1.75. The van der Waals surface area contributed by atoms with Crippen LogP contribution >= 0.6 is 0 Å². The average Bonchev–Trinajstić information content (AvgIpc) is 2.29. The van der Waals surface area contributed by atoms with E-state index in [-0.39, 0.29) is 0 Å². The highest BCUT2D eigenvalue weighted by Crippen LogP contribution is 2.13. The average molecular weight is 211 g/mol. The monoisotopic (exact) mass is 211 g/mol. The number of rotatable bonds is 2. The first kappa shape index (κ1) is 10.1. The van der Waals surface area contributed by atoms with Crippen LogP contribution in [-0.4, -0.2) is 15.0 Å². The summed E-state index contributed by atoms with van der Waals surface area (Å²) in [4.78, 5) is 12.1. The Balaban J connectivity index is 2.29. The van der Waals surface area contributed by atoms with Gasteiger partial charge in [0.15, 0.2) is 0 Å². The van der Waals surface area contributed by atoms with Crippen LogP contribution in [0.4, 0.5) is 11.5 Å². The number of anilines is 2. The Morgan fingerprint density at radius 1 is 1.38 bits per heavy atom. The number of hydrogen-bond donors (Lipinski definition) is 1. The quantitative estimate of drug-likeness (QED) is 0.819. The minimum absolute atomic E-state index is 0.346. The summed E-state index contributed by atoms with van der Waals surface area (Å²) in [6.07, 6.45) is 3.38. The summed E-state index contributed by atoms with van der Waals surface area (Å²) >= 11 is 0. The van der Waals surface area contributed by atoms with E-state index in [1.54, 1.807) is 25.4 Å². The smallest absolute Gasteiger partial charge is 0.146 e. The third kappa shape index (κ3) is 2.30. The molecule has 0 fully saturated rings. The molecule has 2 heterocycles. The van der Waals surface area contributed by atoms with Crippen molar-refractivity contribution in [1.29, 1.82) is 5.26 Å². The molecule has 1 N–H and O–H groups in total. The van der Waals surface area contributed by atoms with Gasteiger partial charge in [0.05, 0.1) is 11.9 Å². The number of hydrogen-bond acceptors (Lipinski definition) is 5. The fraction of sp³-hybridized carbons (Fsp3) is 0.0909. The van der Waals surface area contributed by atoms with E-state index in [2.05, 4.69) is 20.3 Å². The Hall–Kier alpha value is -2.48. The molecule has 5 heteroatoms. The fourth-order valence-electron chi connectivity index (χ4n) is 1.27. The molecule has 0 saturated heterocycles. The zero-order chi connectivity index (χ0) is 11.4. The van der Waals surface area contributed by atoms with Gasteiger partial charge >= 0.3 is 0 Å². The van der Waals surface area contributed by atoms with Crippen molar-refractivity contribution in [2.24, 2.45) is 0 Å². The molecule has 78 valence electrons. The molecule has 0 saturated carbocycles. The molecule has 2 rings (SSSR count). The molecule has 0 aliphatic carbocycles. The lowest BCUT2D eigenvalue weighted by molar-refractivity contribution is 1.04. The third-order valence-corrected chi connectivity index (χ3v) is 1.89. The van der Waals surface area contributed by atoms with Crippen LogP contribution in [-0.2, 0) is 0 Å². The van der Waals surface area contributed by atoms with Crippen molar-refractivity contribution in [3.63, 3.8) is 0 Å². The van der Waals surface area contributed by atoms with Gasteiger partial charge in [0, 0.05) is 12.3 Å². The highest BCUT2D eigenvalue weighted by atomic mass is 15.0. The molecule has 0 bridgehead atoms. The molecule has 0 spiro atoms. The lowest BCUT2D eigenvalue weighted by atomic mass is 10.3. The van der Waals surface area contributed by atoms with E-state index in [1.165, 1.54) is 0 Å². The normalized spacial score (nSPS) is 9.50. The van der Waals surface area contributed by atoms with Crippen molar-refractivity contribution in [1.82, 2.24) is 15.0 Å². The van der Waals surface area contributed by atoms with Crippen molar-refractivity contribution >= 4 is 11.5 Å². The largest absolute Gasteiger partial charge is 0.339 e. The second kappa shape index (κ2) is 4.36. The number of pyridine rings is 1. The predicted octanol–water partition coefficient (Wildman–Crippen LogP) is 1.80. The van der Waals surface area contributed by atoms with Gasteiger partial charge in [-0.1, -0.05) is 0 Å². The van der Waals surface area contributed by atoms with E-state index in [4.69, 9.17) is 5.26 Å². The molecular formula is C11H9N5. The number of nitrogens with zero attached hydrogens (tertiary/aromatic N) is 4. The molecule has 16 heavy (non-hydrogen) atoms. The molecule has 0 aromatic carbocycles. The van der Waals surface area contributed by atoms with Crippen molar-refractivity contribution in [2.75, 3.05) is 5.32 Å². The van der Waals surface area contributed by atoms with Gasteiger partial charge in [0.1, 0.15) is 23.4 Å². The van der Waals surface area contributed by atoms with Crippen molar-refractivity contribution < 1.29 is 0 Å². The van der Waals surface area contributed by atoms with Crippen molar-refractivity contribution in [3.05, 3.63) is 42.1 Å². The van der Waals surface area contributed by atoms with Gasteiger partial charge in [-0.05, 0) is 19.1 Å². The molecule has 0 aliphatic rings. The molecule has 0 atom stereocenters. The Kier molecular flexibility index (Phi) is 2.74. The molecule has 0 aliphatic heterocycles. The molecule has 0 amide bonds. The topological polar surface area (TPSA) is 74.5 Å². The maximum absolute atomic E-state index is 8.77. The second-order valence-electron chi connectivity index (χ2n) is 3.16. The zero-order valence-electron chi connectivity index (χ0n) is 8.68. The molecule has 0 unspecified atom stereocenters. The minimum Gasteiger partial charge on any atom is -0.339 e. The van der Waals surface area contributed by atoms with Gasteiger partial charge < -0.3 is 5.32 Å². The summed E-state index contributed by atoms with van der Waals surface area (Å²) < 4.78 is 0. The summed E-state index contributed by atoms with van der Waals surface area (Å²) in [5.41, 5.74) is 1.17. The highest BCUT2D eigenvalue weighted by molar-refractivity contribution is 5.55. The molecular weight excluding hydrogens is 202 g/mol. The second-order valence-corrected chi connectivity index (χ2v) is 3.16. The van der Waals surface area contributed by atoms with Gasteiger partial charge in [0.25, 0.3) is 0 Å². The first-order chi connectivity index (χ1) is 7.78. The predicted molar refractivity (Wildman–Crippen MR) is 59.0 cm³/mol. The van der Waals surface area contributed by atoms with Gasteiger partial charge in [-0.15, -0.1) is 0 Å². The molecule has 5 nitrogen and oxygen atoms in total. The number of aromatic nitrogens is 3. The van der Waals surface area contributed by atoms with Crippen LogP contribution in [0.15, 0.2) is 30.6 Å². The van der Waals surface area contributed by atoms with Crippen LogP contribution in [0.1, 0.15) is 11.5 Å². The lowest BCUT2D eigenvalue weighted by Gasteiger charge is -2.05. The van der Waals surface area contributed by atoms with Crippen molar-refractivity contribution in [3.8, 4) is 6.07 Å². The molecule has 0 radical (unpaired) electrons. The Morgan fingerprint density at radius 3 is 2.94 bits per heavy atom. The lowest BCUT2D eigenvalue weighted by Crippen LogP contribution is -1.99. The number of nitrogens with one attached hydrogen (secondary N) is 1. The van der Waals surface area contributed by atoms with Crippen LogP contribution in [0.2, 0.25) is 0 Å². The maximum Gasteiger partial charge on any atom is 0.146 e. The van der Waals surface area contributed by atoms with E-state index < -0.39 is 0 Å². The van der Waals surface area contributed by atoms with E-state index in [1.807, 2.05) is 18.2 Å². The Bertz CT molecular complexity index is 530. The Morgan fingerprint density at radius 2 is 2.25 bits per heavy atom. The van der Waals surface area contributed by atoms with Gasteiger partial charge in [-0.3, -0.25) is 4.98 Å². The van der Waals surface area contributed by atoms with Crippen LogP contribution in [0, 0.1) is 18.3 Å². The van der Waals surface area contributed by atoms with Crippen LogP contribution in [0.5, 0.6) is 0 Å². The van der Waals surface area contributed by atoms with Crippen LogP contribution in [0.3, 0.4) is 0 Å². The zero-order valence-corrected chi connectivity index (χ0v) is 8.68. The minimum atomic E-state index is 0.346. The molecule has 2 aromatic heterocycles. The summed E-state index contributed by atoms with van der Waals surface area (Å²) in [5.74, 6) is 1.16. The first-order valence-electron chi connectivity index (χ1n) is 4.71. The molecule has 2 aromatic rings.